The highest BCUT2D eigenvalue weighted by Crippen LogP contribution is 2.28. The fourth-order valence-electron chi connectivity index (χ4n) is 5.43. The predicted octanol–water partition coefficient (Wildman–Crippen LogP) is 4.56. The summed E-state index contributed by atoms with van der Waals surface area (Å²) in [4.78, 5) is 38.6. The maximum atomic E-state index is 13.0. The van der Waals surface area contributed by atoms with Crippen LogP contribution in [0.25, 0.3) is 16.8 Å². The molecule has 1 aromatic carbocycles. The third kappa shape index (κ3) is 5.84. The third-order valence-electron chi connectivity index (χ3n) is 7.63. The van der Waals surface area contributed by atoms with Gasteiger partial charge in [-0.3, -0.25) is 9.59 Å². The van der Waals surface area contributed by atoms with Crippen molar-refractivity contribution in [3.8, 4) is 11.1 Å². The topological polar surface area (TPSA) is 92.1 Å². The number of carbonyl (C=O) groups excluding carboxylic acids is 2. The third-order valence-corrected chi connectivity index (χ3v) is 7.63. The Morgan fingerprint density at radius 1 is 0.875 bits per heavy atom. The molecule has 206 valence electrons. The van der Waals surface area contributed by atoms with Gasteiger partial charge in [0.05, 0.1) is 30.9 Å². The molecule has 0 spiro atoms. The van der Waals surface area contributed by atoms with E-state index in [0.717, 1.165) is 54.0 Å². The number of aromatic nitrogens is 3. The molecule has 0 radical (unpaired) electrons. The summed E-state index contributed by atoms with van der Waals surface area (Å²) in [6.07, 6.45) is 12.3. The Morgan fingerprint density at radius 3 is 2.48 bits per heavy atom. The first-order valence-electron chi connectivity index (χ1n) is 14.1. The van der Waals surface area contributed by atoms with Gasteiger partial charge < -0.3 is 24.3 Å². The van der Waals surface area contributed by atoms with Gasteiger partial charge in [-0.2, -0.15) is 0 Å². The first-order chi connectivity index (χ1) is 19.6. The molecule has 0 aliphatic carbocycles. The van der Waals surface area contributed by atoms with E-state index >= 15 is 0 Å². The van der Waals surface area contributed by atoms with E-state index in [1.54, 1.807) is 23.4 Å². The van der Waals surface area contributed by atoms with Crippen molar-refractivity contribution in [3.05, 3.63) is 78.4 Å². The zero-order valence-electron chi connectivity index (χ0n) is 22.6. The molecule has 40 heavy (non-hydrogen) atoms. The summed E-state index contributed by atoms with van der Waals surface area (Å²) in [6, 6.07) is 13.9. The van der Waals surface area contributed by atoms with E-state index < -0.39 is 0 Å². The number of imidazole rings is 1. The van der Waals surface area contributed by atoms with Crippen molar-refractivity contribution >= 4 is 29.0 Å². The highest BCUT2D eigenvalue weighted by molar-refractivity contribution is 5.94. The smallest absolute Gasteiger partial charge is 0.255 e. The lowest BCUT2D eigenvalue weighted by atomic mass is 10.0. The first kappa shape index (κ1) is 26.0. The second kappa shape index (κ2) is 11.9. The van der Waals surface area contributed by atoms with Crippen LogP contribution in [0, 0.1) is 0 Å². The first-order valence-corrected chi connectivity index (χ1v) is 14.1. The number of fused-ring (bicyclic) bond motifs is 1. The van der Waals surface area contributed by atoms with Crippen LogP contribution in [0.5, 0.6) is 0 Å². The zero-order chi connectivity index (χ0) is 27.3. The Morgan fingerprint density at radius 2 is 1.70 bits per heavy atom. The summed E-state index contributed by atoms with van der Waals surface area (Å²) in [6.45, 7) is 4.04. The van der Waals surface area contributed by atoms with Crippen molar-refractivity contribution in [1.82, 2.24) is 24.2 Å². The van der Waals surface area contributed by atoms with Crippen LogP contribution in [0.3, 0.4) is 0 Å². The van der Waals surface area contributed by atoms with Crippen molar-refractivity contribution in [2.24, 2.45) is 0 Å². The van der Waals surface area contributed by atoms with Crippen LogP contribution in [0.15, 0.2) is 67.3 Å². The molecule has 9 heteroatoms. The van der Waals surface area contributed by atoms with Gasteiger partial charge in [-0.1, -0.05) is 37.1 Å². The number of pyridine rings is 2. The summed E-state index contributed by atoms with van der Waals surface area (Å²) < 4.78 is 7.32. The summed E-state index contributed by atoms with van der Waals surface area (Å²) in [7, 11) is 0. The minimum atomic E-state index is -0.0331. The maximum absolute atomic E-state index is 13.0. The zero-order valence-corrected chi connectivity index (χ0v) is 22.6. The van der Waals surface area contributed by atoms with Crippen molar-refractivity contribution in [1.29, 1.82) is 0 Å². The molecule has 1 N–H and O–H groups in total. The van der Waals surface area contributed by atoms with E-state index in [9.17, 15) is 9.59 Å². The van der Waals surface area contributed by atoms with Crippen molar-refractivity contribution in [3.63, 3.8) is 0 Å². The van der Waals surface area contributed by atoms with Crippen molar-refractivity contribution < 1.29 is 14.3 Å². The van der Waals surface area contributed by atoms with Crippen LogP contribution >= 0.6 is 0 Å². The highest BCUT2D eigenvalue weighted by atomic mass is 16.5. The number of nitrogens with zero attached hydrogens (tertiary/aromatic N) is 5. The minimum Gasteiger partial charge on any atom is -0.378 e. The summed E-state index contributed by atoms with van der Waals surface area (Å²) in [5.74, 6) is 0.791. The lowest BCUT2D eigenvalue weighted by Crippen LogP contribution is -2.40. The van der Waals surface area contributed by atoms with Gasteiger partial charge in [0.15, 0.2) is 5.65 Å². The lowest BCUT2D eigenvalue weighted by Gasteiger charge is -2.26. The van der Waals surface area contributed by atoms with Crippen LogP contribution in [0.1, 0.15) is 41.6 Å². The number of amides is 2. The van der Waals surface area contributed by atoms with Gasteiger partial charge >= 0.3 is 0 Å². The Hall–Kier alpha value is -4.24. The summed E-state index contributed by atoms with van der Waals surface area (Å²) in [5.41, 5.74) is 5.16. The summed E-state index contributed by atoms with van der Waals surface area (Å²) >= 11 is 0. The Balaban J connectivity index is 1.21. The van der Waals surface area contributed by atoms with Gasteiger partial charge in [-0.05, 0) is 42.2 Å². The maximum Gasteiger partial charge on any atom is 0.255 e. The lowest BCUT2D eigenvalue weighted by molar-refractivity contribution is -0.130. The molecular weight excluding hydrogens is 504 g/mol. The van der Waals surface area contributed by atoms with E-state index in [1.807, 2.05) is 46.0 Å². The van der Waals surface area contributed by atoms with Gasteiger partial charge in [0, 0.05) is 56.5 Å². The molecular formula is C31H34N6O3. The molecule has 0 bridgehead atoms. The number of nitrogens with one attached hydrogen (secondary N) is 1. The Bertz CT molecular complexity index is 1480. The van der Waals surface area contributed by atoms with E-state index in [1.165, 1.54) is 12.8 Å². The normalized spacial score (nSPS) is 16.1. The van der Waals surface area contributed by atoms with E-state index in [-0.39, 0.29) is 11.8 Å². The molecule has 2 saturated heterocycles. The van der Waals surface area contributed by atoms with Gasteiger partial charge in [-0.15, -0.1) is 0 Å². The molecule has 2 aliphatic rings. The number of benzene rings is 1. The van der Waals surface area contributed by atoms with Crippen LogP contribution in [0.2, 0.25) is 0 Å². The quantitative estimate of drug-likeness (QED) is 0.387. The van der Waals surface area contributed by atoms with Crippen molar-refractivity contribution in [2.75, 3.05) is 44.7 Å². The highest BCUT2D eigenvalue weighted by Gasteiger charge is 2.19. The molecule has 9 nitrogen and oxygen atoms in total. The van der Waals surface area contributed by atoms with Gasteiger partial charge in [-0.25, -0.2) is 9.97 Å². The molecule has 6 rings (SSSR count). The minimum absolute atomic E-state index is 0.0331. The number of hydrogen-bond donors (Lipinski definition) is 1. The number of ether oxygens (including phenoxy) is 1. The molecule has 2 aliphatic heterocycles. The molecule has 2 amide bonds. The number of anilines is 2. The molecule has 0 atom stereocenters. The number of morpholine rings is 1. The molecule has 3 aromatic heterocycles. The molecule has 0 saturated carbocycles. The average Bonchev–Trinajstić information content (AvgIpc) is 3.31. The fraction of sp³-hybridized carbons (Fsp3) is 0.355. The number of hydrogen-bond acceptors (Lipinski definition) is 6. The molecule has 2 fully saturated rings. The van der Waals surface area contributed by atoms with Crippen LogP contribution in [0.4, 0.5) is 11.5 Å². The largest absolute Gasteiger partial charge is 0.378 e. The Kier molecular flexibility index (Phi) is 7.72. The second-order valence-corrected chi connectivity index (χ2v) is 10.4. The summed E-state index contributed by atoms with van der Waals surface area (Å²) in [5, 5.41) is 3.38. The van der Waals surface area contributed by atoms with E-state index in [4.69, 9.17) is 4.74 Å². The predicted molar refractivity (Wildman–Crippen MR) is 154 cm³/mol. The van der Waals surface area contributed by atoms with Crippen molar-refractivity contribution in [2.45, 2.75) is 32.1 Å². The monoisotopic (exact) mass is 538 g/mol. The van der Waals surface area contributed by atoms with E-state index in [0.29, 0.717) is 44.1 Å². The number of rotatable bonds is 6. The molecule has 5 heterocycles. The van der Waals surface area contributed by atoms with Crippen LogP contribution in [-0.4, -0.2) is 75.4 Å². The van der Waals surface area contributed by atoms with Crippen LogP contribution < -0.4 is 5.32 Å². The van der Waals surface area contributed by atoms with Gasteiger partial charge in [0.2, 0.25) is 5.91 Å². The van der Waals surface area contributed by atoms with Crippen LogP contribution in [-0.2, 0) is 16.0 Å². The van der Waals surface area contributed by atoms with Gasteiger partial charge in [0.1, 0.15) is 5.82 Å². The molecule has 4 aromatic rings. The fourth-order valence-corrected chi connectivity index (χ4v) is 5.43. The standard InChI is InChI=1S/C31H34N6O3/c38-29(35-11-3-1-2-4-12-35)19-23-6-5-7-24(18-23)26-20-27(30-32-10-13-37(30)22-26)34-28-9-8-25(21-33-28)31(39)36-14-16-40-17-15-36/h5-10,13,18,20-22H,1-4,11-12,14-17,19H2,(H,33,34). The van der Waals surface area contributed by atoms with E-state index in [2.05, 4.69) is 27.4 Å². The van der Waals surface area contributed by atoms with Gasteiger partial charge in [0.25, 0.3) is 5.91 Å². The number of carbonyl (C=O) groups is 2. The molecule has 0 unspecified atom stereocenters. The second-order valence-electron chi connectivity index (χ2n) is 10.4. The Labute approximate surface area is 233 Å². The number of likely N-dealkylation sites (tertiary alicyclic amines) is 1. The SMILES string of the molecule is O=C(Cc1cccc(-c2cc(Nc3ccc(C(=O)N4CCOCC4)cn3)c3nccn3c2)c1)N1CCCCCC1. The average molecular weight is 539 g/mol.